The average molecular weight is 336 g/mol. The van der Waals surface area contributed by atoms with Crippen molar-refractivity contribution in [3.63, 3.8) is 0 Å². The van der Waals surface area contributed by atoms with Gasteiger partial charge < -0.3 is 4.90 Å². The Morgan fingerprint density at radius 3 is 2.76 bits per heavy atom. The number of likely N-dealkylation sites (tertiary alicyclic amines) is 1. The number of hydrogen-bond donors (Lipinski definition) is 0. The Hall–Kier alpha value is -2.83. The molecule has 7 nitrogen and oxygen atoms in total. The molecule has 0 N–H and O–H groups in total. The topological polar surface area (TPSA) is 76.3 Å². The fraction of sp³-hybridized carbons (Fsp3) is 0.389. The van der Waals surface area contributed by atoms with Gasteiger partial charge in [0.05, 0.1) is 17.6 Å². The molecule has 3 aromatic rings. The number of aromatic nitrogens is 5. The molecule has 1 fully saturated rings. The molecule has 4 heterocycles. The maximum Gasteiger partial charge on any atom is 0.234 e. The lowest BCUT2D eigenvalue weighted by atomic mass is 9.95. The van der Waals surface area contributed by atoms with E-state index in [-0.39, 0.29) is 11.8 Å². The largest absolute Gasteiger partial charge is 0.343 e. The van der Waals surface area contributed by atoms with E-state index in [2.05, 4.69) is 15.0 Å². The standard InChI is InChI=1S/C18H20N6O/c1-12-10-15(16-11-20-18-19-6-3-7-24(16)18)22-17(21-12)14-4-8-23(9-5-14)13(2)25/h3,6-7,10-11,14H,4-5,8-9H2,1-2H3. The van der Waals surface area contributed by atoms with Crippen molar-refractivity contribution in [2.75, 3.05) is 13.1 Å². The molecule has 0 saturated carbocycles. The average Bonchev–Trinajstić information content (AvgIpc) is 3.05. The number of amides is 1. The molecule has 1 saturated heterocycles. The molecule has 0 aliphatic carbocycles. The van der Waals surface area contributed by atoms with Gasteiger partial charge in [-0.2, -0.15) is 0 Å². The highest BCUT2D eigenvalue weighted by molar-refractivity contribution is 5.73. The predicted octanol–water partition coefficient (Wildman–Crippen LogP) is 2.22. The van der Waals surface area contributed by atoms with E-state index in [1.807, 2.05) is 34.6 Å². The van der Waals surface area contributed by atoms with Gasteiger partial charge in [-0.05, 0) is 31.9 Å². The SMILES string of the molecule is CC(=O)N1CCC(c2nc(C)cc(-c3cnc4ncccn34)n2)CC1. The molecular formula is C18H20N6O. The Morgan fingerprint density at radius 2 is 2.00 bits per heavy atom. The minimum absolute atomic E-state index is 0.141. The summed E-state index contributed by atoms with van der Waals surface area (Å²) < 4.78 is 1.93. The van der Waals surface area contributed by atoms with Gasteiger partial charge in [0, 0.05) is 44.0 Å². The molecule has 25 heavy (non-hydrogen) atoms. The van der Waals surface area contributed by atoms with Crippen LogP contribution in [0, 0.1) is 6.92 Å². The van der Waals surface area contributed by atoms with Crippen molar-refractivity contribution in [1.82, 2.24) is 29.2 Å². The third-order valence-corrected chi connectivity index (χ3v) is 4.73. The van der Waals surface area contributed by atoms with Crippen LogP contribution in [0.1, 0.15) is 37.2 Å². The summed E-state index contributed by atoms with van der Waals surface area (Å²) in [6, 6.07) is 3.86. The fourth-order valence-corrected chi connectivity index (χ4v) is 3.38. The molecule has 1 aliphatic rings. The number of fused-ring (bicyclic) bond motifs is 1. The first-order chi connectivity index (χ1) is 12.1. The monoisotopic (exact) mass is 336 g/mol. The summed E-state index contributed by atoms with van der Waals surface area (Å²) in [6.07, 6.45) is 7.26. The normalized spacial score (nSPS) is 15.7. The number of carbonyl (C=O) groups is 1. The second kappa shape index (κ2) is 6.23. The van der Waals surface area contributed by atoms with Gasteiger partial charge in [-0.15, -0.1) is 0 Å². The first-order valence-electron chi connectivity index (χ1n) is 8.51. The molecule has 4 rings (SSSR count). The van der Waals surface area contributed by atoms with Crippen LogP contribution < -0.4 is 0 Å². The van der Waals surface area contributed by atoms with Crippen LogP contribution in [0.4, 0.5) is 0 Å². The van der Waals surface area contributed by atoms with E-state index in [0.717, 1.165) is 48.8 Å². The summed E-state index contributed by atoms with van der Waals surface area (Å²) in [6.45, 7) is 5.15. The van der Waals surface area contributed by atoms with Crippen LogP contribution in [-0.4, -0.2) is 48.2 Å². The number of piperidine rings is 1. The van der Waals surface area contributed by atoms with E-state index >= 15 is 0 Å². The number of imidazole rings is 1. The number of rotatable bonds is 2. The Labute approximate surface area is 145 Å². The molecule has 1 aliphatic heterocycles. The van der Waals surface area contributed by atoms with Crippen molar-refractivity contribution in [2.24, 2.45) is 0 Å². The van der Waals surface area contributed by atoms with Crippen LogP contribution in [0.5, 0.6) is 0 Å². The third-order valence-electron chi connectivity index (χ3n) is 4.73. The lowest BCUT2D eigenvalue weighted by Crippen LogP contribution is -2.36. The molecule has 0 radical (unpaired) electrons. The molecule has 0 atom stereocenters. The summed E-state index contributed by atoms with van der Waals surface area (Å²) in [5, 5.41) is 0. The Kier molecular flexibility index (Phi) is 3.91. The van der Waals surface area contributed by atoms with Crippen molar-refractivity contribution >= 4 is 11.7 Å². The molecule has 0 spiro atoms. The van der Waals surface area contributed by atoms with E-state index in [0.29, 0.717) is 5.78 Å². The quantitative estimate of drug-likeness (QED) is 0.717. The number of nitrogens with zero attached hydrogens (tertiary/aromatic N) is 6. The predicted molar refractivity (Wildman–Crippen MR) is 93.0 cm³/mol. The molecule has 0 unspecified atom stereocenters. The first-order valence-corrected chi connectivity index (χ1v) is 8.51. The van der Waals surface area contributed by atoms with E-state index in [4.69, 9.17) is 4.98 Å². The Morgan fingerprint density at radius 1 is 1.20 bits per heavy atom. The van der Waals surface area contributed by atoms with Crippen LogP contribution >= 0.6 is 0 Å². The molecule has 128 valence electrons. The number of carbonyl (C=O) groups excluding carboxylic acids is 1. The van der Waals surface area contributed by atoms with E-state index < -0.39 is 0 Å². The van der Waals surface area contributed by atoms with Crippen molar-refractivity contribution < 1.29 is 4.79 Å². The number of aryl methyl sites for hydroxylation is 1. The van der Waals surface area contributed by atoms with Crippen molar-refractivity contribution in [3.8, 4) is 11.4 Å². The van der Waals surface area contributed by atoms with Crippen LogP contribution in [0.15, 0.2) is 30.7 Å². The highest BCUT2D eigenvalue weighted by atomic mass is 16.2. The van der Waals surface area contributed by atoms with Gasteiger partial charge in [0.25, 0.3) is 0 Å². The summed E-state index contributed by atoms with van der Waals surface area (Å²) in [5.41, 5.74) is 2.71. The van der Waals surface area contributed by atoms with Crippen molar-refractivity contribution in [3.05, 3.63) is 42.2 Å². The van der Waals surface area contributed by atoms with Gasteiger partial charge in [-0.1, -0.05) is 0 Å². The lowest BCUT2D eigenvalue weighted by molar-refractivity contribution is -0.129. The summed E-state index contributed by atoms with van der Waals surface area (Å²) in [4.78, 5) is 31.5. The van der Waals surface area contributed by atoms with Crippen LogP contribution in [0.25, 0.3) is 17.2 Å². The smallest absolute Gasteiger partial charge is 0.234 e. The van der Waals surface area contributed by atoms with Gasteiger partial charge >= 0.3 is 0 Å². The maximum atomic E-state index is 11.5. The highest BCUT2D eigenvalue weighted by Gasteiger charge is 2.24. The van der Waals surface area contributed by atoms with Gasteiger partial charge in [0.2, 0.25) is 11.7 Å². The highest BCUT2D eigenvalue weighted by Crippen LogP contribution is 2.28. The van der Waals surface area contributed by atoms with Gasteiger partial charge in [0.1, 0.15) is 5.82 Å². The zero-order valence-corrected chi connectivity index (χ0v) is 14.4. The summed E-state index contributed by atoms with van der Waals surface area (Å²) in [5.74, 6) is 1.94. The van der Waals surface area contributed by atoms with Gasteiger partial charge in [-0.25, -0.2) is 19.9 Å². The van der Waals surface area contributed by atoms with E-state index in [9.17, 15) is 4.79 Å². The van der Waals surface area contributed by atoms with E-state index in [1.54, 1.807) is 19.3 Å². The maximum absolute atomic E-state index is 11.5. The zero-order chi connectivity index (χ0) is 17.4. The van der Waals surface area contributed by atoms with Crippen molar-refractivity contribution in [1.29, 1.82) is 0 Å². The second-order valence-electron chi connectivity index (χ2n) is 6.47. The Balaban J connectivity index is 1.67. The summed E-state index contributed by atoms with van der Waals surface area (Å²) in [7, 11) is 0. The molecule has 1 amide bonds. The van der Waals surface area contributed by atoms with E-state index in [1.165, 1.54) is 0 Å². The minimum Gasteiger partial charge on any atom is -0.343 e. The van der Waals surface area contributed by atoms with Crippen LogP contribution in [0.2, 0.25) is 0 Å². The van der Waals surface area contributed by atoms with Crippen LogP contribution in [0.3, 0.4) is 0 Å². The number of hydrogen-bond acceptors (Lipinski definition) is 5. The second-order valence-corrected chi connectivity index (χ2v) is 6.47. The molecule has 0 aromatic carbocycles. The first kappa shape index (κ1) is 15.7. The van der Waals surface area contributed by atoms with Crippen LogP contribution in [-0.2, 0) is 4.79 Å². The minimum atomic E-state index is 0.141. The fourth-order valence-electron chi connectivity index (χ4n) is 3.38. The van der Waals surface area contributed by atoms with Gasteiger partial charge in [0.15, 0.2) is 0 Å². The van der Waals surface area contributed by atoms with Crippen molar-refractivity contribution in [2.45, 2.75) is 32.6 Å². The summed E-state index contributed by atoms with van der Waals surface area (Å²) >= 11 is 0. The molecule has 7 heteroatoms. The molecular weight excluding hydrogens is 316 g/mol. The Bertz CT molecular complexity index is 926. The van der Waals surface area contributed by atoms with Gasteiger partial charge in [-0.3, -0.25) is 9.20 Å². The molecule has 0 bridgehead atoms. The molecule has 3 aromatic heterocycles. The third kappa shape index (κ3) is 2.97. The zero-order valence-electron chi connectivity index (χ0n) is 14.4. The lowest BCUT2D eigenvalue weighted by Gasteiger charge is -2.30.